The van der Waals surface area contributed by atoms with Gasteiger partial charge >= 0.3 is 0 Å². The fourth-order valence-corrected chi connectivity index (χ4v) is 3.74. The molecule has 0 unspecified atom stereocenters. The highest BCUT2D eigenvalue weighted by Gasteiger charge is 2.35. The standard InChI is InChI=1S/C26H27FN6O4/c1-16-8-13-21(37-16)24-29-31-32(30-24)15-22(35)33(19-7-5-6-18(27)14-19)23(25(36)28-26(2,3)4)17-9-11-20(34)12-10-17/h5-14,23,34H,15H2,1-4H3,(H,28,36)/t23-/m1/s1. The van der Waals surface area contributed by atoms with Crippen LogP contribution in [0.3, 0.4) is 0 Å². The van der Waals surface area contributed by atoms with E-state index in [0.717, 1.165) is 4.80 Å². The summed E-state index contributed by atoms with van der Waals surface area (Å²) < 4.78 is 19.8. The van der Waals surface area contributed by atoms with Crippen molar-refractivity contribution in [1.82, 2.24) is 25.5 Å². The summed E-state index contributed by atoms with van der Waals surface area (Å²) in [4.78, 5) is 29.6. The molecule has 192 valence electrons. The third-order valence-corrected chi connectivity index (χ3v) is 5.26. The van der Waals surface area contributed by atoms with Crippen molar-refractivity contribution in [1.29, 1.82) is 0 Å². The molecule has 0 saturated carbocycles. The molecule has 11 heteroatoms. The fourth-order valence-electron chi connectivity index (χ4n) is 3.74. The predicted molar refractivity (Wildman–Crippen MR) is 133 cm³/mol. The molecule has 1 atom stereocenters. The molecule has 0 aliphatic rings. The predicted octanol–water partition coefficient (Wildman–Crippen LogP) is 3.78. The molecule has 0 fully saturated rings. The molecular formula is C26H27FN6O4. The summed E-state index contributed by atoms with van der Waals surface area (Å²) in [5, 5.41) is 24.8. The molecule has 37 heavy (non-hydrogen) atoms. The smallest absolute Gasteiger partial charge is 0.251 e. The number of tetrazole rings is 1. The Balaban J connectivity index is 1.75. The Kier molecular flexibility index (Phi) is 7.05. The van der Waals surface area contributed by atoms with E-state index in [1.54, 1.807) is 19.1 Å². The molecule has 0 aliphatic heterocycles. The third-order valence-electron chi connectivity index (χ3n) is 5.26. The lowest BCUT2D eigenvalue weighted by Gasteiger charge is -2.33. The van der Waals surface area contributed by atoms with E-state index in [2.05, 4.69) is 20.7 Å². The number of aromatic hydroxyl groups is 1. The second-order valence-electron chi connectivity index (χ2n) is 9.53. The first kappa shape index (κ1) is 25.5. The van der Waals surface area contributed by atoms with Crippen LogP contribution in [-0.2, 0) is 16.1 Å². The summed E-state index contributed by atoms with van der Waals surface area (Å²) in [5.74, 6) is -0.411. The number of furan rings is 1. The highest BCUT2D eigenvalue weighted by Crippen LogP contribution is 2.30. The Bertz CT molecular complexity index is 1410. The number of carbonyl (C=O) groups excluding carboxylic acids is 2. The zero-order chi connectivity index (χ0) is 26.7. The number of phenols is 1. The highest BCUT2D eigenvalue weighted by molar-refractivity contribution is 6.01. The summed E-state index contributed by atoms with van der Waals surface area (Å²) in [6.45, 7) is 6.82. The SMILES string of the molecule is Cc1ccc(-c2nnn(CC(=O)N(c3cccc(F)c3)[C@@H](C(=O)NC(C)(C)C)c3ccc(O)cc3)n2)o1. The van der Waals surface area contributed by atoms with Gasteiger partial charge in [-0.05, 0) is 80.9 Å². The van der Waals surface area contributed by atoms with Crippen LogP contribution in [-0.4, -0.2) is 42.7 Å². The quantitative estimate of drug-likeness (QED) is 0.391. The van der Waals surface area contributed by atoms with Crippen LogP contribution in [0.15, 0.2) is 65.1 Å². The van der Waals surface area contributed by atoms with Gasteiger partial charge in [-0.2, -0.15) is 4.80 Å². The minimum absolute atomic E-state index is 0.00475. The number of nitrogens with zero attached hydrogens (tertiary/aromatic N) is 5. The normalized spacial score (nSPS) is 12.2. The van der Waals surface area contributed by atoms with Gasteiger partial charge in [-0.15, -0.1) is 10.2 Å². The molecule has 0 aliphatic carbocycles. The van der Waals surface area contributed by atoms with Gasteiger partial charge in [0, 0.05) is 11.2 Å². The Morgan fingerprint density at radius 2 is 1.86 bits per heavy atom. The van der Waals surface area contributed by atoms with Gasteiger partial charge in [0.1, 0.15) is 29.9 Å². The van der Waals surface area contributed by atoms with Crippen LogP contribution in [0, 0.1) is 12.7 Å². The molecule has 4 rings (SSSR count). The van der Waals surface area contributed by atoms with E-state index in [1.807, 2.05) is 20.8 Å². The number of anilines is 1. The van der Waals surface area contributed by atoms with Crippen molar-refractivity contribution < 1.29 is 23.5 Å². The monoisotopic (exact) mass is 506 g/mol. The molecule has 0 spiro atoms. The average Bonchev–Trinajstić information content (AvgIpc) is 3.45. The maximum atomic E-state index is 14.3. The number of phenolic OH excluding ortho intramolecular Hbond substituents is 1. The average molecular weight is 507 g/mol. The van der Waals surface area contributed by atoms with Crippen molar-refractivity contribution in [3.63, 3.8) is 0 Å². The zero-order valence-electron chi connectivity index (χ0n) is 20.8. The molecule has 0 radical (unpaired) electrons. The molecule has 4 aromatic rings. The van der Waals surface area contributed by atoms with E-state index in [-0.39, 0.29) is 23.8 Å². The van der Waals surface area contributed by atoms with Gasteiger partial charge in [0.05, 0.1) is 0 Å². The molecule has 2 aromatic carbocycles. The van der Waals surface area contributed by atoms with Gasteiger partial charge in [0.2, 0.25) is 11.7 Å². The van der Waals surface area contributed by atoms with Crippen molar-refractivity contribution in [2.24, 2.45) is 0 Å². The maximum absolute atomic E-state index is 14.3. The number of aryl methyl sites for hydroxylation is 1. The number of carbonyl (C=O) groups is 2. The van der Waals surface area contributed by atoms with Crippen LogP contribution in [0.5, 0.6) is 5.75 Å². The van der Waals surface area contributed by atoms with E-state index in [1.165, 1.54) is 53.4 Å². The largest absolute Gasteiger partial charge is 0.508 e. The molecule has 2 N–H and O–H groups in total. The first-order valence-electron chi connectivity index (χ1n) is 11.5. The first-order chi connectivity index (χ1) is 17.5. The van der Waals surface area contributed by atoms with Crippen molar-refractivity contribution in [2.45, 2.75) is 45.8 Å². The number of hydrogen-bond donors (Lipinski definition) is 2. The summed E-state index contributed by atoms with van der Waals surface area (Å²) in [6.07, 6.45) is 0. The molecule has 0 bridgehead atoms. The van der Waals surface area contributed by atoms with E-state index in [9.17, 15) is 19.1 Å². The Hall–Kier alpha value is -4.54. The minimum Gasteiger partial charge on any atom is -0.508 e. The van der Waals surface area contributed by atoms with Crippen LogP contribution in [0.2, 0.25) is 0 Å². The second-order valence-corrected chi connectivity index (χ2v) is 9.53. The minimum atomic E-state index is -1.19. The lowest BCUT2D eigenvalue weighted by molar-refractivity contribution is -0.128. The summed E-state index contributed by atoms with van der Waals surface area (Å²) in [5.41, 5.74) is -0.0449. The summed E-state index contributed by atoms with van der Waals surface area (Å²) in [6, 6.07) is 13.5. The van der Waals surface area contributed by atoms with Gasteiger partial charge in [-0.3, -0.25) is 14.5 Å². The van der Waals surface area contributed by atoms with Crippen LogP contribution >= 0.6 is 0 Å². The van der Waals surface area contributed by atoms with Crippen LogP contribution in [0.25, 0.3) is 11.6 Å². The maximum Gasteiger partial charge on any atom is 0.251 e. The van der Waals surface area contributed by atoms with Crippen molar-refractivity contribution >= 4 is 17.5 Å². The van der Waals surface area contributed by atoms with Gasteiger partial charge in [0.15, 0.2) is 5.76 Å². The van der Waals surface area contributed by atoms with Gasteiger partial charge in [-0.1, -0.05) is 18.2 Å². The van der Waals surface area contributed by atoms with Gasteiger partial charge < -0.3 is 14.8 Å². The molecular weight excluding hydrogens is 479 g/mol. The second kappa shape index (κ2) is 10.2. The Morgan fingerprint density at radius 1 is 1.14 bits per heavy atom. The Morgan fingerprint density at radius 3 is 2.49 bits per heavy atom. The molecule has 0 saturated heterocycles. The van der Waals surface area contributed by atoms with Gasteiger partial charge in [0.25, 0.3) is 5.91 Å². The molecule has 10 nitrogen and oxygen atoms in total. The fraction of sp³-hybridized carbons (Fsp3) is 0.269. The Labute approximate surface area is 212 Å². The third kappa shape index (κ3) is 6.18. The molecule has 2 amide bonds. The molecule has 2 aromatic heterocycles. The van der Waals surface area contributed by atoms with Crippen LogP contribution in [0.1, 0.15) is 38.1 Å². The molecule has 2 heterocycles. The van der Waals surface area contributed by atoms with Crippen molar-refractivity contribution in [2.75, 3.05) is 4.90 Å². The lowest BCUT2D eigenvalue weighted by Crippen LogP contribution is -2.50. The number of benzene rings is 2. The van der Waals surface area contributed by atoms with Crippen LogP contribution < -0.4 is 10.2 Å². The van der Waals surface area contributed by atoms with Crippen LogP contribution in [0.4, 0.5) is 10.1 Å². The summed E-state index contributed by atoms with van der Waals surface area (Å²) in [7, 11) is 0. The van der Waals surface area contributed by atoms with E-state index in [0.29, 0.717) is 17.1 Å². The van der Waals surface area contributed by atoms with Gasteiger partial charge in [-0.25, -0.2) is 4.39 Å². The zero-order valence-corrected chi connectivity index (χ0v) is 20.8. The number of rotatable bonds is 7. The highest BCUT2D eigenvalue weighted by atomic mass is 19.1. The van der Waals surface area contributed by atoms with Crippen molar-refractivity contribution in [3.8, 4) is 17.3 Å². The topological polar surface area (TPSA) is 126 Å². The van der Waals surface area contributed by atoms with Crippen molar-refractivity contribution in [3.05, 3.63) is 77.8 Å². The van der Waals surface area contributed by atoms with E-state index >= 15 is 0 Å². The number of amides is 2. The lowest BCUT2D eigenvalue weighted by atomic mass is 10.0. The van der Waals surface area contributed by atoms with E-state index in [4.69, 9.17) is 4.42 Å². The number of halogens is 1. The van der Waals surface area contributed by atoms with E-state index < -0.39 is 29.2 Å². The summed E-state index contributed by atoms with van der Waals surface area (Å²) >= 11 is 0. The number of hydrogen-bond acceptors (Lipinski definition) is 7. The first-order valence-corrected chi connectivity index (χ1v) is 11.5. The number of aromatic nitrogens is 4. The number of nitrogens with one attached hydrogen (secondary N) is 1.